The second-order valence-corrected chi connectivity index (χ2v) is 7.48. The van der Waals surface area contributed by atoms with Gasteiger partial charge in [0.15, 0.2) is 0 Å². The number of hydroxylamine groups is 1. The Morgan fingerprint density at radius 1 is 1.35 bits per heavy atom. The summed E-state index contributed by atoms with van der Waals surface area (Å²) in [4.78, 5) is 28.3. The van der Waals surface area contributed by atoms with Gasteiger partial charge >= 0.3 is 12.1 Å². The van der Waals surface area contributed by atoms with Crippen molar-refractivity contribution >= 4 is 36.0 Å². The molecule has 144 valence electrons. The Kier molecular flexibility index (Phi) is 10.0. The number of rotatable bonds is 11. The fraction of sp³-hybridized carbons (Fsp3) is 0.412. The van der Waals surface area contributed by atoms with Gasteiger partial charge in [-0.3, -0.25) is 4.79 Å². The molecule has 9 heteroatoms. The van der Waals surface area contributed by atoms with Crippen molar-refractivity contribution in [1.82, 2.24) is 14.1 Å². The van der Waals surface area contributed by atoms with Crippen LogP contribution in [-0.4, -0.2) is 45.1 Å². The van der Waals surface area contributed by atoms with E-state index in [0.717, 1.165) is 17.7 Å². The quantitative estimate of drug-likeness (QED) is 0.430. The van der Waals surface area contributed by atoms with Crippen LogP contribution >= 0.6 is 23.9 Å². The van der Waals surface area contributed by atoms with E-state index >= 15 is 0 Å². The number of carboxylic acid groups (broad SMARTS) is 1. The number of carbonyl (C=O) groups is 2. The molecule has 1 aromatic rings. The van der Waals surface area contributed by atoms with Crippen LogP contribution in [0.2, 0.25) is 0 Å². The Labute approximate surface area is 163 Å². The third-order valence-corrected chi connectivity index (χ3v) is 5.06. The molecule has 7 nitrogen and oxygen atoms in total. The number of benzene rings is 1. The van der Waals surface area contributed by atoms with Gasteiger partial charge in [-0.2, -0.15) is 0 Å². The predicted molar refractivity (Wildman–Crippen MR) is 106 cm³/mol. The molecule has 1 aromatic carbocycles. The van der Waals surface area contributed by atoms with Gasteiger partial charge in [-0.15, -0.1) is 11.8 Å². The van der Waals surface area contributed by atoms with Crippen LogP contribution in [0.4, 0.5) is 4.79 Å². The van der Waals surface area contributed by atoms with Gasteiger partial charge in [0.05, 0.1) is 11.4 Å². The molecule has 0 saturated heterocycles. The number of carbonyl (C=O) groups excluding carboxylic acids is 1. The second-order valence-electron chi connectivity index (χ2n) is 5.40. The Hall–Kier alpha value is -1.84. The molecule has 1 unspecified atom stereocenters. The summed E-state index contributed by atoms with van der Waals surface area (Å²) in [5.74, 6) is -0.876. The molecule has 0 bridgehead atoms. The number of amides is 1. The van der Waals surface area contributed by atoms with E-state index in [2.05, 4.69) is 12.1 Å². The van der Waals surface area contributed by atoms with Crippen molar-refractivity contribution in [2.75, 3.05) is 13.3 Å². The molecular formula is C17H25N3O4S2. The highest BCUT2D eigenvalue weighted by Crippen LogP contribution is 2.25. The number of nitrogens with zero attached hydrogens (tertiary/aromatic N) is 2. The smallest absolute Gasteiger partial charge is 0.444 e. The molecule has 0 radical (unpaired) electrons. The minimum atomic E-state index is -0.876. The maximum absolute atomic E-state index is 12.1. The standard InChI is InChI=1S/C17H25N3O4S2/c1-5-15(11-16(21)22)20(12-14-9-7-6-8-10-14)26-19(3)17(23)24-18-13(2)25-4/h6-10,15,18H,2,5,11-12H2,1,3-4H3,(H,21,22). The van der Waals surface area contributed by atoms with E-state index in [1.807, 2.05) is 41.6 Å². The largest absolute Gasteiger partial charge is 0.481 e. The zero-order chi connectivity index (χ0) is 19.5. The first-order valence-electron chi connectivity index (χ1n) is 8.01. The summed E-state index contributed by atoms with van der Waals surface area (Å²) in [6, 6.07) is 9.45. The van der Waals surface area contributed by atoms with Gasteiger partial charge in [0.25, 0.3) is 0 Å². The Balaban J connectivity index is 2.81. The molecule has 1 amide bonds. The fourth-order valence-corrected chi connectivity index (χ4v) is 3.14. The lowest BCUT2D eigenvalue weighted by atomic mass is 10.1. The Bertz CT molecular complexity index is 601. The molecule has 0 spiro atoms. The summed E-state index contributed by atoms with van der Waals surface area (Å²) in [6.07, 6.45) is 1.83. The van der Waals surface area contributed by atoms with Crippen LogP contribution in [0.5, 0.6) is 0 Å². The summed E-state index contributed by atoms with van der Waals surface area (Å²) in [5.41, 5.74) is 3.49. The topological polar surface area (TPSA) is 82.1 Å². The number of hydrogen-bond acceptors (Lipinski definition) is 7. The highest BCUT2D eigenvalue weighted by atomic mass is 32.2. The number of nitrogens with one attached hydrogen (secondary N) is 1. The van der Waals surface area contributed by atoms with Crippen LogP contribution in [-0.2, 0) is 16.2 Å². The van der Waals surface area contributed by atoms with Crippen molar-refractivity contribution in [3.8, 4) is 0 Å². The normalized spacial score (nSPS) is 11.7. The number of thioether (sulfide) groups is 1. The van der Waals surface area contributed by atoms with Crippen molar-refractivity contribution in [2.24, 2.45) is 0 Å². The Morgan fingerprint density at radius 3 is 2.54 bits per heavy atom. The Morgan fingerprint density at radius 2 is 2.00 bits per heavy atom. The van der Waals surface area contributed by atoms with Crippen molar-refractivity contribution in [3.63, 3.8) is 0 Å². The average molecular weight is 400 g/mol. The number of hydrogen-bond donors (Lipinski definition) is 2. The van der Waals surface area contributed by atoms with E-state index < -0.39 is 12.1 Å². The molecule has 0 aromatic heterocycles. The number of aliphatic carboxylic acids is 1. The van der Waals surface area contributed by atoms with Crippen molar-refractivity contribution in [3.05, 3.63) is 47.5 Å². The van der Waals surface area contributed by atoms with E-state index in [9.17, 15) is 14.7 Å². The predicted octanol–water partition coefficient (Wildman–Crippen LogP) is 3.71. The molecular weight excluding hydrogens is 374 g/mol. The second kappa shape index (κ2) is 11.7. The summed E-state index contributed by atoms with van der Waals surface area (Å²) in [6.45, 7) is 6.09. The van der Waals surface area contributed by atoms with Gasteiger partial charge in [-0.1, -0.05) is 43.8 Å². The molecule has 1 rings (SSSR count). The van der Waals surface area contributed by atoms with Crippen molar-refractivity contribution in [2.45, 2.75) is 32.4 Å². The van der Waals surface area contributed by atoms with Crippen molar-refractivity contribution < 1.29 is 19.5 Å². The molecule has 0 fully saturated rings. The lowest BCUT2D eigenvalue weighted by Gasteiger charge is -2.31. The van der Waals surface area contributed by atoms with Crippen LogP contribution in [0, 0.1) is 0 Å². The minimum absolute atomic E-state index is 0.0131. The third-order valence-electron chi connectivity index (χ3n) is 3.45. The van der Waals surface area contributed by atoms with Crippen LogP contribution in [0.15, 0.2) is 41.9 Å². The van der Waals surface area contributed by atoms with E-state index in [0.29, 0.717) is 18.0 Å². The number of carboxylic acids is 1. The van der Waals surface area contributed by atoms with Gasteiger partial charge in [0, 0.05) is 31.8 Å². The highest BCUT2D eigenvalue weighted by Gasteiger charge is 2.25. The van der Waals surface area contributed by atoms with Gasteiger partial charge in [0.2, 0.25) is 0 Å². The third kappa shape index (κ3) is 8.03. The van der Waals surface area contributed by atoms with E-state index in [-0.39, 0.29) is 12.5 Å². The minimum Gasteiger partial charge on any atom is -0.481 e. The van der Waals surface area contributed by atoms with Crippen LogP contribution in [0.1, 0.15) is 25.3 Å². The zero-order valence-corrected chi connectivity index (χ0v) is 16.8. The van der Waals surface area contributed by atoms with Crippen molar-refractivity contribution in [1.29, 1.82) is 0 Å². The van der Waals surface area contributed by atoms with E-state index in [4.69, 9.17) is 4.84 Å². The van der Waals surface area contributed by atoms with Gasteiger partial charge in [-0.25, -0.2) is 18.9 Å². The molecule has 0 aliphatic rings. The molecule has 1 atom stereocenters. The van der Waals surface area contributed by atoms with Gasteiger partial charge in [-0.05, 0) is 18.2 Å². The molecule has 2 N–H and O–H groups in total. The van der Waals surface area contributed by atoms with Crippen LogP contribution < -0.4 is 5.48 Å². The van der Waals surface area contributed by atoms with Crippen LogP contribution in [0.25, 0.3) is 0 Å². The lowest BCUT2D eigenvalue weighted by molar-refractivity contribution is -0.138. The first-order valence-corrected chi connectivity index (χ1v) is 9.96. The summed E-state index contributed by atoms with van der Waals surface area (Å²) >= 11 is 2.46. The average Bonchev–Trinajstić information content (AvgIpc) is 2.63. The maximum atomic E-state index is 12.1. The fourth-order valence-electron chi connectivity index (χ4n) is 2.04. The zero-order valence-electron chi connectivity index (χ0n) is 15.2. The maximum Gasteiger partial charge on any atom is 0.444 e. The monoisotopic (exact) mass is 399 g/mol. The highest BCUT2D eigenvalue weighted by molar-refractivity contribution is 8.02. The van der Waals surface area contributed by atoms with Crippen LogP contribution in [0.3, 0.4) is 0 Å². The first-order chi connectivity index (χ1) is 12.4. The molecule has 0 saturated carbocycles. The molecule has 0 aliphatic carbocycles. The SMILES string of the molecule is C=C(NOC(=O)N(C)SN(Cc1ccccc1)C(CC)CC(=O)O)SC. The lowest BCUT2D eigenvalue weighted by Crippen LogP contribution is -2.36. The summed E-state index contributed by atoms with van der Waals surface area (Å²) in [5, 5.41) is 9.69. The summed E-state index contributed by atoms with van der Waals surface area (Å²) in [7, 11) is 1.57. The van der Waals surface area contributed by atoms with Gasteiger partial charge in [0.1, 0.15) is 0 Å². The van der Waals surface area contributed by atoms with E-state index in [1.54, 1.807) is 13.3 Å². The molecule has 0 heterocycles. The van der Waals surface area contributed by atoms with E-state index in [1.165, 1.54) is 16.1 Å². The molecule has 0 aliphatic heterocycles. The van der Waals surface area contributed by atoms with Gasteiger partial charge < -0.3 is 9.94 Å². The summed E-state index contributed by atoms with van der Waals surface area (Å²) < 4.78 is 3.20. The first kappa shape index (κ1) is 22.2. The molecule has 26 heavy (non-hydrogen) atoms.